The second kappa shape index (κ2) is 7.34. The van der Waals surface area contributed by atoms with Crippen LogP contribution in [0.1, 0.15) is 23.2 Å². The predicted molar refractivity (Wildman–Crippen MR) is 92.1 cm³/mol. The largest absolute Gasteiger partial charge is 0.496 e. The summed E-state index contributed by atoms with van der Waals surface area (Å²) >= 11 is 0. The molecule has 0 radical (unpaired) electrons. The molecule has 4 nitrogen and oxygen atoms in total. The monoisotopic (exact) mass is 328 g/mol. The molecule has 0 spiro atoms. The fourth-order valence-electron chi connectivity index (χ4n) is 3.10. The van der Waals surface area contributed by atoms with Crippen molar-refractivity contribution < 1.29 is 13.9 Å². The number of halogens is 1. The first-order valence-electron chi connectivity index (χ1n) is 8.12. The van der Waals surface area contributed by atoms with Crippen molar-refractivity contribution in [3.8, 4) is 5.75 Å². The minimum absolute atomic E-state index is 0.0272. The van der Waals surface area contributed by atoms with Crippen LogP contribution in [0.3, 0.4) is 0 Å². The van der Waals surface area contributed by atoms with Crippen LogP contribution in [0.15, 0.2) is 48.5 Å². The van der Waals surface area contributed by atoms with E-state index in [1.165, 1.54) is 12.1 Å². The van der Waals surface area contributed by atoms with Gasteiger partial charge in [-0.1, -0.05) is 18.2 Å². The zero-order valence-corrected chi connectivity index (χ0v) is 13.7. The molecule has 5 heteroatoms. The quantitative estimate of drug-likeness (QED) is 0.937. The molecule has 126 valence electrons. The number of anilines is 1. The van der Waals surface area contributed by atoms with Crippen LogP contribution in [-0.4, -0.2) is 32.1 Å². The van der Waals surface area contributed by atoms with Gasteiger partial charge in [-0.15, -0.1) is 0 Å². The van der Waals surface area contributed by atoms with Crippen molar-refractivity contribution in [2.45, 2.75) is 18.9 Å². The van der Waals surface area contributed by atoms with E-state index in [9.17, 15) is 9.18 Å². The number of rotatable bonds is 4. The molecule has 1 amide bonds. The Morgan fingerprint density at radius 1 is 1.25 bits per heavy atom. The fourth-order valence-corrected chi connectivity index (χ4v) is 3.10. The Balaban J connectivity index is 1.68. The average molecular weight is 328 g/mol. The maximum atomic E-state index is 13.4. The maximum Gasteiger partial charge on any atom is 0.255 e. The van der Waals surface area contributed by atoms with Gasteiger partial charge in [0.2, 0.25) is 0 Å². The highest BCUT2D eigenvalue weighted by atomic mass is 19.1. The molecule has 3 rings (SSSR count). The number of piperidine rings is 1. The molecule has 1 saturated heterocycles. The zero-order valence-electron chi connectivity index (χ0n) is 13.7. The van der Waals surface area contributed by atoms with E-state index in [0.717, 1.165) is 25.1 Å². The summed E-state index contributed by atoms with van der Waals surface area (Å²) < 4.78 is 18.7. The first-order valence-corrected chi connectivity index (χ1v) is 8.12. The number of methoxy groups -OCH3 is 1. The molecule has 1 atom stereocenters. The Kier molecular flexibility index (Phi) is 4.99. The van der Waals surface area contributed by atoms with Crippen LogP contribution in [-0.2, 0) is 0 Å². The summed E-state index contributed by atoms with van der Waals surface area (Å²) in [6.07, 6.45) is 1.86. The highest BCUT2D eigenvalue weighted by Crippen LogP contribution is 2.22. The highest BCUT2D eigenvalue weighted by Gasteiger charge is 2.23. The second-order valence-electron chi connectivity index (χ2n) is 5.94. The lowest BCUT2D eigenvalue weighted by Crippen LogP contribution is -2.47. The van der Waals surface area contributed by atoms with Gasteiger partial charge in [0.25, 0.3) is 5.91 Å². The lowest BCUT2D eigenvalue weighted by atomic mass is 10.0. The van der Waals surface area contributed by atoms with Gasteiger partial charge in [0.05, 0.1) is 12.7 Å². The van der Waals surface area contributed by atoms with E-state index in [-0.39, 0.29) is 17.8 Å². The Bertz CT molecular complexity index is 720. The molecule has 0 saturated carbocycles. The van der Waals surface area contributed by atoms with Crippen LogP contribution < -0.4 is 15.0 Å². The van der Waals surface area contributed by atoms with Gasteiger partial charge in [-0.05, 0) is 43.2 Å². The van der Waals surface area contributed by atoms with Gasteiger partial charge >= 0.3 is 0 Å². The highest BCUT2D eigenvalue weighted by molar-refractivity contribution is 5.97. The van der Waals surface area contributed by atoms with E-state index in [2.05, 4.69) is 10.2 Å². The minimum atomic E-state index is -0.243. The summed E-state index contributed by atoms with van der Waals surface area (Å²) in [7, 11) is 1.55. The summed E-state index contributed by atoms with van der Waals surface area (Å²) in [4.78, 5) is 14.6. The van der Waals surface area contributed by atoms with E-state index < -0.39 is 0 Å². The summed E-state index contributed by atoms with van der Waals surface area (Å²) in [5.74, 6) is 0.180. The average Bonchev–Trinajstić information content (AvgIpc) is 2.62. The van der Waals surface area contributed by atoms with Crippen LogP contribution in [0.25, 0.3) is 0 Å². The fraction of sp³-hybridized carbons (Fsp3) is 0.316. The van der Waals surface area contributed by atoms with Gasteiger partial charge in [-0.2, -0.15) is 0 Å². The van der Waals surface area contributed by atoms with Crippen molar-refractivity contribution in [2.75, 3.05) is 25.1 Å². The molecular weight excluding hydrogens is 307 g/mol. The van der Waals surface area contributed by atoms with E-state index in [0.29, 0.717) is 17.9 Å². The Labute approximate surface area is 141 Å². The molecule has 0 bridgehead atoms. The van der Waals surface area contributed by atoms with Gasteiger partial charge in [0.15, 0.2) is 0 Å². The van der Waals surface area contributed by atoms with Gasteiger partial charge in [-0.25, -0.2) is 4.39 Å². The lowest BCUT2D eigenvalue weighted by molar-refractivity contribution is 0.0930. The standard InChI is InChI=1S/C19H21FN2O2/c1-24-18-10-3-2-9-17(18)19(23)21-15-7-5-11-22(13-15)16-8-4-6-14(20)12-16/h2-4,6,8-10,12,15H,5,7,11,13H2,1H3,(H,21,23). The van der Waals surface area contributed by atoms with Crippen molar-refractivity contribution in [1.82, 2.24) is 5.32 Å². The van der Waals surface area contributed by atoms with Gasteiger partial charge in [0.1, 0.15) is 11.6 Å². The zero-order chi connectivity index (χ0) is 16.9. The van der Waals surface area contributed by atoms with E-state index in [1.807, 2.05) is 18.2 Å². The van der Waals surface area contributed by atoms with Gasteiger partial charge < -0.3 is 15.0 Å². The molecule has 24 heavy (non-hydrogen) atoms. The molecule has 2 aromatic rings. The summed E-state index contributed by atoms with van der Waals surface area (Å²) in [6.45, 7) is 1.54. The first-order chi connectivity index (χ1) is 11.7. The van der Waals surface area contributed by atoms with Crippen LogP contribution in [0.2, 0.25) is 0 Å². The van der Waals surface area contributed by atoms with Gasteiger partial charge in [-0.3, -0.25) is 4.79 Å². The second-order valence-corrected chi connectivity index (χ2v) is 5.94. The number of hydrogen-bond acceptors (Lipinski definition) is 3. The third-order valence-electron chi connectivity index (χ3n) is 4.28. The minimum Gasteiger partial charge on any atom is -0.496 e. The lowest BCUT2D eigenvalue weighted by Gasteiger charge is -2.34. The molecule has 1 heterocycles. The smallest absolute Gasteiger partial charge is 0.255 e. The molecule has 2 aromatic carbocycles. The summed E-state index contributed by atoms with van der Waals surface area (Å²) in [5.41, 5.74) is 1.38. The number of nitrogens with zero attached hydrogens (tertiary/aromatic N) is 1. The molecule has 1 N–H and O–H groups in total. The molecule has 0 aromatic heterocycles. The molecule has 1 unspecified atom stereocenters. The maximum absolute atomic E-state index is 13.4. The normalized spacial score (nSPS) is 17.4. The van der Waals surface area contributed by atoms with Crippen LogP contribution in [0, 0.1) is 5.82 Å². The predicted octanol–water partition coefficient (Wildman–Crippen LogP) is 3.23. The van der Waals surface area contributed by atoms with E-state index in [4.69, 9.17) is 4.74 Å². The summed E-state index contributed by atoms with van der Waals surface area (Å²) in [5, 5.41) is 3.07. The summed E-state index contributed by atoms with van der Waals surface area (Å²) in [6, 6.07) is 13.8. The van der Waals surface area contributed by atoms with Crippen molar-refractivity contribution in [1.29, 1.82) is 0 Å². The van der Waals surface area contributed by atoms with Crippen molar-refractivity contribution in [2.24, 2.45) is 0 Å². The number of amides is 1. The molecule has 1 aliphatic rings. The van der Waals surface area contributed by atoms with E-state index in [1.54, 1.807) is 25.3 Å². The van der Waals surface area contributed by atoms with Crippen molar-refractivity contribution >= 4 is 11.6 Å². The third kappa shape index (κ3) is 3.67. The SMILES string of the molecule is COc1ccccc1C(=O)NC1CCCN(c2cccc(F)c2)C1. The van der Waals surface area contributed by atoms with Crippen LogP contribution in [0.5, 0.6) is 5.75 Å². The Morgan fingerprint density at radius 2 is 2.08 bits per heavy atom. The number of benzene rings is 2. The third-order valence-corrected chi connectivity index (χ3v) is 4.28. The first kappa shape index (κ1) is 16.3. The van der Waals surface area contributed by atoms with Crippen molar-refractivity contribution in [3.05, 3.63) is 59.9 Å². The van der Waals surface area contributed by atoms with Crippen LogP contribution in [0.4, 0.5) is 10.1 Å². The molecular formula is C19H21FN2O2. The molecule has 0 aliphatic carbocycles. The van der Waals surface area contributed by atoms with Gasteiger partial charge in [0, 0.05) is 24.8 Å². The van der Waals surface area contributed by atoms with E-state index >= 15 is 0 Å². The van der Waals surface area contributed by atoms with Crippen molar-refractivity contribution in [3.63, 3.8) is 0 Å². The number of nitrogens with one attached hydrogen (secondary N) is 1. The van der Waals surface area contributed by atoms with Crippen LogP contribution >= 0.6 is 0 Å². The number of para-hydroxylation sites is 1. The Hall–Kier alpha value is -2.56. The topological polar surface area (TPSA) is 41.6 Å². The Morgan fingerprint density at radius 3 is 2.88 bits per heavy atom. The number of ether oxygens (including phenoxy) is 1. The number of hydrogen-bond donors (Lipinski definition) is 1. The number of carbonyl (C=O) groups excluding carboxylic acids is 1. The molecule has 1 aliphatic heterocycles. The number of carbonyl (C=O) groups is 1. The molecule has 1 fully saturated rings.